The number of nitrogens with one attached hydrogen (secondary N) is 3. The first-order valence-electron chi connectivity index (χ1n) is 7.62. The predicted octanol–water partition coefficient (Wildman–Crippen LogP) is 1.19. The minimum atomic E-state index is 0.0144. The summed E-state index contributed by atoms with van der Waals surface area (Å²) in [7, 11) is 0. The lowest BCUT2D eigenvalue weighted by atomic mass is 10.1. The molecule has 1 aromatic heterocycles. The number of H-pyrrole nitrogens is 1. The first-order chi connectivity index (χ1) is 10.3. The largest absolute Gasteiger partial charge is 0.361 e. The molecule has 1 aliphatic rings. The Morgan fingerprint density at radius 3 is 2.95 bits per heavy atom. The zero-order chi connectivity index (χ0) is 14.5. The SMILES string of the molecule is O=C(NCCCN1CCNCC1)c1cccc2[nH]ccc12. The van der Waals surface area contributed by atoms with Gasteiger partial charge in [0.15, 0.2) is 0 Å². The van der Waals surface area contributed by atoms with Crippen LogP contribution < -0.4 is 10.6 Å². The number of piperazine rings is 1. The average Bonchev–Trinajstić information content (AvgIpc) is 3.01. The molecule has 21 heavy (non-hydrogen) atoms. The second kappa shape index (κ2) is 6.74. The van der Waals surface area contributed by atoms with Gasteiger partial charge in [-0.15, -0.1) is 0 Å². The Labute approximate surface area is 124 Å². The van der Waals surface area contributed by atoms with E-state index in [2.05, 4.69) is 20.5 Å². The fourth-order valence-corrected chi connectivity index (χ4v) is 2.82. The maximum Gasteiger partial charge on any atom is 0.251 e. The smallest absolute Gasteiger partial charge is 0.251 e. The molecular weight excluding hydrogens is 264 g/mol. The summed E-state index contributed by atoms with van der Waals surface area (Å²) in [6, 6.07) is 7.72. The molecule has 1 fully saturated rings. The van der Waals surface area contributed by atoms with Crippen LogP contribution in [0.5, 0.6) is 0 Å². The number of carbonyl (C=O) groups is 1. The Hall–Kier alpha value is -1.85. The predicted molar refractivity (Wildman–Crippen MR) is 84.6 cm³/mol. The first kappa shape index (κ1) is 14.1. The molecule has 1 aromatic carbocycles. The van der Waals surface area contributed by atoms with Crippen molar-refractivity contribution < 1.29 is 4.79 Å². The maximum atomic E-state index is 12.3. The van der Waals surface area contributed by atoms with E-state index in [1.165, 1.54) is 0 Å². The molecule has 0 aliphatic carbocycles. The molecule has 0 spiro atoms. The second-order valence-electron chi connectivity index (χ2n) is 5.45. The van der Waals surface area contributed by atoms with Crippen LogP contribution in [0, 0.1) is 0 Å². The van der Waals surface area contributed by atoms with E-state index in [0.29, 0.717) is 0 Å². The van der Waals surface area contributed by atoms with Crippen molar-refractivity contribution in [2.75, 3.05) is 39.3 Å². The molecule has 1 aliphatic heterocycles. The molecule has 112 valence electrons. The number of carbonyl (C=O) groups excluding carboxylic acids is 1. The lowest BCUT2D eigenvalue weighted by Gasteiger charge is -2.27. The summed E-state index contributed by atoms with van der Waals surface area (Å²) in [5.74, 6) is 0.0144. The number of aromatic amines is 1. The van der Waals surface area contributed by atoms with Crippen LogP contribution in [0.1, 0.15) is 16.8 Å². The Morgan fingerprint density at radius 2 is 2.10 bits per heavy atom. The topological polar surface area (TPSA) is 60.2 Å². The van der Waals surface area contributed by atoms with Gasteiger partial charge >= 0.3 is 0 Å². The summed E-state index contributed by atoms with van der Waals surface area (Å²) >= 11 is 0. The maximum absolute atomic E-state index is 12.3. The molecule has 0 saturated carbocycles. The van der Waals surface area contributed by atoms with Crippen molar-refractivity contribution >= 4 is 16.8 Å². The molecule has 0 bridgehead atoms. The Morgan fingerprint density at radius 1 is 1.24 bits per heavy atom. The van der Waals surface area contributed by atoms with Gasteiger partial charge in [0, 0.05) is 55.4 Å². The molecule has 1 amide bonds. The minimum Gasteiger partial charge on any atom is -0.361 e. The van der Waals surface area contributed by atoms with Crippen molar-refractivity contribution in [3.05, 3.63) is 36.0 Å². The van der Waals surface area contributed by atoms with Gasteiger partial charge in [-0.2, -0.15) is 0 Å². The van der Waals surface area contributed by atoms with E-state index in [9.17, 15) is 4.79 Å². The molecular formula is C16H22N4O. The molecule has 5 nitrogen and oxygen atoms in total. The van der Waals surface area contributed by atoms with Crippen LogP contribution in [-0.4, -0.2) is 55.1 Å². The van der Waals surface area contributed by atoms with Crippen LogP contribution in [0.2, 0.25) is 0 Å². The number of aromatic nitrogens is 1. The number of fused-ring (bicyclic) bond motifs is 1. The van der Waals surface area contributed by atoms with Crippen molar-refractivity contribution in [3.8, 4) is 0 Å². The highest BCUT2D eigenvalue weighted by Gasteiger charge is 2.11. The number of rotatable bonds is 5. The van der Waals surface area contributed by atoms with Crippen molar-refractivity contribution in [1.29, 1.82) is 0 Å². The highest BCUT2D eigenvalue weighted by atomic mass is 16.1. The van der Waals surface area contributed by atoms with E-state index in [-0.39, 0.29) is 5.91 Å². The van der Waals surface area contributed by atoms with Crippen LogP contribution in [0.15, 0.2) is 30.5 Å². The Bertz CT molecular complexity index is 601. The van der Waals surface area contributed by atoms with Crippen molar-refractivity contribution in [2.24, 2.45) is 0 Å². The van der Waals surface area contributed by atoms with Gasteiger partial charge in [-0.1, -0.05) is 6.07 Å². The molecule has 0 atom stereocenters. The number of hydrogen-bond acceptors (Lipinski definition) is 3. The quantitative estimate of drug-likeness (QED) is 0.724. The molecule has 1 saturated heterocycles. The number of benzene rings is 1. The standard InChI is InChI=1S/C16H22N4O/c21-16(14-3-1-4-15-13(14)5-7-18-15)19-6-2-10-20-11-8-17-9-12-20/h1,3-5,7,17-18H,2,6,8-12H2,(H,19,21). The summed E-state index contributed by atoms with van der Waals surface area (Å²) < 4.78 is 0. The van der Waals surface area contributed by atoms with Crippen molar-refractivity contribution in [3.63, 3.8) is 0 Å². The van der Waals surface area contributed by atoms with Gasteiger partial charge in [-0.25, -0.2) is 0 Å². The lowest BCUT2D eigenvalue weighted by Crippen LogP contribution is -2.44. The lowest BCUT2D eigenvalue weighted by molar-refractivity contribution is 0.0953. The normalized spacial score (nSPS) is 16.2. The Kier molecular flexibility index (Phi) is 4.52. The first-order valence-corrected chi connectivity index (χ1v) is 7.62. The highest BCUT2D eigenvalue weighted by molar-refractivity contribution is 6.06. The fourth-order valence-electron chi connectivity index (χ4n) is 2.82. The summed E-state index contributed by atoms with van der Waals surface area (Å²) in [4.78, 5) is 17.8. The molecule has 3 N–H and O–H groups in total. The van der Waals surface area contributed by atoms with Crippen LogP contribution in [0.4, 0.5) is 0 Å². The monoisotopic (exact) mass is 286 g/mol. The zero-order valence-electron chi connectivity index (χ0n) is 12.2. The van der Waals surface area contributed by atoms with Gasteiger partial charge in [0.2, 0.25) is 0 Å². The van der Waals surface area contributed by atoms with E-state index in [1.54, 1.807) is 0 Å². The van der Waals surface area contributed by atoms with Gasteiger partial charge in [0.05, 0.1) is 0 Å². The van der Waals surface area contributed by atoms with E-state index < -0.39 is 0 Å². The van der Waals surface area contributed by atoms with Crippen LogP contribution >= 0.6 is 0 Å². The molecule has 5 heteroatoms. The molecule has 0 unspecified atom stereocenters. The number of amides is 1. The van der Waals surface area contributed by atoms with E-state index in [1.807, 2.05) is 30.5 Å². The summed E-state index contributed by atoms with van der Waals surface area (Å²) in [6.45, 7) is 6.14. The number of hydrogen-bond donors (Lipinski definition) is 3. The van der Waals surface area contributed by atoms with Crippen LogP contribution in [0.25, 0.3) is 10.9 Å². The van der Waals surface area contributed by atoms with Gasteiger partial charge in [0.1, 0.15) is 0 Å². The third kappa shape index (κ3) is 3.43. The third-order valence-electron chi connectivity index (χ3n) is 3.99. The zero-order valence-corrected chi connectivity index (χ0v) is 12.2. The summed E-state index contributed by atoms with van der Waals surface area (Å²) in [5.41, 5.74) is 1.75. The molecule has 2 aromatic rings. The highest BCUT2D eigenvalue weighted by Crippen LogP contribution is 2.17. The van der Waals surface area contributed by atoms with Gasteiger partial charge in [-0.3, -0.25) is 4.79 Å². The molecule has 3 rings (SSSR count). The van der Waals surface area contributed by atoms with Crippen LogP contribution in [-0.2, 0) is 0 Å². The minimum absolute atomic E-state index is 0.0144. The van der Waals surface area contributed by atoms with E-state index >= 15 is 0 Å². The fraction of sp³-hybridized carbons (Fsp3) is 0.438. The van der Waals surface area contributed by atoms with Crippen molar-refractivity contribution in [1.82, 2.24) is 20.5 Å². The van der Waals surface area contributed by atoms with Gasteiger partial charge in [0.25, 0.3) is 5.91 Å². The Balaban J connectivity index is 1.49. The van der Waals surface area contributed by atoms with E-state index in [0.717, 1.165) is 62.2 Å². The van der Waals surface area contributed by atoms with Crippen LogP contribution in [0.3, 0.4) is 0 Å². The van der Waals surface area contributed by atoms with Crippen molar-refractivity contribution in [2.45, 2.75) is 6.42 Å². The third-order valence-corrected chi connectivity index (χ3v) is 3.99. The molecule has 0 radical (unpaired) electrons. The summed E-state index contributed by atoms with van der Waals surface area (Å²) in [6.07, 6.45) is 2.86. The summed E-state index contributed by atoms with van der Waals surface area (Å²) in [5, 5.41) is 7.35. The average molecular weight is 286 g/mol. The van der Waals surface area contributed by atoms with E-state index in [4.69, 9.17) is 0 Å². The second-order valence-corrected chi connectivity index (χ2v) is 5.45. The van der Waals surface area contributed by atoms with Gasteiger partial charge in [-0.05, 0) is 31.2 Å². The van der Waals surface area contributed by atoms with Gasteiger partial charge < -0.3 is 20.5 Å². The number of nitrogens with zero attached hydrogens (tertiary/aromatic N) is 1. The molecule has 2 heterocycles.